The van der Waals surface area contributed by atoms with Gasteiger partial charge in [0.05, 0.1) is 5.69 Å². The van der Waals surface area contributed by atoms with Crippen molar-refractivity contribution < 1.29 is 14.1 Å². The van der Waals surface area contributed by atoms with Gasteiger partial charge in [0.25, 0.3) is 5.91 Å². The van der Waals surface area contributed by atoms with Gasteiger partial charge in [0.1, 0.15) is 0 Å². The van der Waals surface area contributed by atoms with E-state index in [1.807, 2.05) is 0 Å². The van der Waals surface area contributed by atoms with Crippen molar-refractivity contribution in [3.63, 3.8) is 0 Å². The van der Waals surface area contributed by atoms with Crippen LogP contribution in [0.3, 0.4) is 0 Å². The second-order valence-corrected chi connectivity index (χ2v) is 5.35. The minimum atomic E-state index is -0.101. The molecule has 2 fully saturated rings. The molecule has 1 aromatic rings. The molecule has 2 unspecified atom stereocenters. The fourth-order valence-corrected chi connectivity index (χ4v) is 2.91. The van der Waals surface area contributed by atoms with Gasteiger partial charge in [-0.2, -0.15) is 0 Å². The molecule has 6 heteroatoms. The van der Waals surface area contributed by atoms with Gasteiger partial charge in [-0.05, 0) is 25.7 Å². The van der Waals surface area contributed by atoms with Crippen LogP contribution in [0.2, 0.25) is 0 Å². The Hall–Kier alpha value is -1.85. The van der Waals surface area contributed by atoms with Crippen molar-refractivity contribution in [3.8, 4) is 0 Å². The second kappa shape index (κ2) is 4.68. The number of likely N-dealkylation sites (tertiary alicyclic amines) is 1. The highest BCUT2D eigenvalue weighted by atomic mass is 16.5. The highest BCUT2D eigenvalue weighted by Gasteiger charge is 2.36. The largest absolute Gasteiger partial charge is 0.353 e. The molecule has 2 amide bonds. The summed E-state index contributed by atoms with van der Waals surface area (Å²) >= 11 is 0. The van der Waals surface area contributed by atoms with E-state index in [1.165, 1.54) is 0 Å². The average molecular weight is 263 g/mol. The Morgan fingerprint density at radius 3 is 3.11 bits per heavy atom. The van der Waals surface area contributed by atoms with Crippen molar-refractivity contribution in [2.75, 3.05) is 13.1 Å². The molecule has 3 heterocycles. The number of aromatic nitrogens is 1. The minimum Gasteiger partial charge on any atom is -0.353 e. The quantitative estimate of drug-likeness (QED) is 0.810. The van der Waals surface area contributed by atoms with E-state index in [9.17, 15) is 9.59 Å². The summed E-state index contributed by atoms with van der Waals surface area (Å²) in [5.74, 6) is 0.693. The molecule has 2 aliphatic heterocycles. The van der Waals surface area contributed by atoms with Crippen molar-refractivity contribution in [3.05, 3.63) is 17.5 Å². The van der Waals surface area contributed by atoms with E-state index in [1.54, 1.807) is 17.9 Å². The highest BCUT2D eigenvalue weighted by Crippen LogP contribution is 2.26. The number of carbonyl (C=O) groups excluding carboxylic acids is 2. The molecule has 0 radical (unpaired) electrons. The van der Waals surface area contributed by atoms with Crippen LogP contribution in [0, 0.1) is 12.8 Å². The third-order valence-corrected chi connectivity index (χ3v) is 3.95. The normalized spacial score (nSPS) is 26.8. The first-order chi connectivity index (χ1) is 9.13. The van der Waals surface area contributed by atoms with Gasteiger partial charge in [-0.1, -0.05) is 5.16 Å². The summed E-state index contributed by atoms with van der Waals surface area (Å²) in [7, 11) is 0. The molecule has 0 aliphatic carbocycles. The molecule has 0 bridgehead atoms. The highest BCUT2D eigenvalue weighted by molar-refractivity contribution is 5.91. The van der Waals surface area contributed by atoms with Crippen molar-refractivity contribution in [1.29, 1.82) is 0 Å². The van der Waals surface area contributed by atoms with Crippen molar-refractivity contribution >= 4 is 11.8 Å². The van der Waals surface area contributed by atoms with Crippen LogP contribution < -0.4 is 5.32 Å². The maximum absolute atomic E-state index is 12.3. The number of hydrogen-bond acceptors (Lipinski definition) is 4. The predicted molar refractivity (Wildman–Crippen MR) is 66.4 cm³/mol. The zero-order chi connectivity index (χ0) is 13.4. The first-order valence-corrected chi connectivity index (χ1v) is 6.65. The molecular formula is C13H17N3O3. The Bertz CT molecular complexity index is 511. The molecule has 1 N–H and O–H groups in total. The molecule has 0 aromatic carbocycles. The monoisotopic (exact) mass is 263 g/mol. The molecule has 19 heavy (non-hydrogen) atoms. The number of nitrogens with zero attached hydrogens (tertiary/aromatic N) is 2. The SMILES string of the molecule is Cc1cc(C(=O)N2CCC3NC(=O)CCC3C2)on1. The van der Waals surface area contributed by atoms with Crippen molar-refractivity contribution in [2.24, 2.45) is 5.92 Å². The van der Waals surface area contributed by atoms with E-state index in [0.717, 1.165) is 12.8 Å². The van der Waals surface area contributed by atoms with E-state index in [-0.39, 0.29) is 17.9 Å². The van der Waals surface area contributed by atoms with E-state index in [2.05, 4.69) is 10.5 Å². The molecule has 2 aliphatic rings. The number of fused-ring (bicyclic) bond motifs is 1. The zero-order valence-corrected chi connectivity index (χ0v) is 10.9. The molecule has 3 rings (SSSR count). The fraction of sp³-hybridized carbons (Fsp3) is 0.615. The van der Waals surface area contributed by atoms with Crippen LogP contribution in [0.25, 0.3) is 0 Å². The van der Waals surface area contributed by atoms with Crippen LogP contribution >= 0.6 is 0 Å². The van der Waals surface area contributed by atoms with Crippen LogP contribution in [0.1, 0.15) is 35.5 Å². The van der Waals surface area contributed by atoms with Gasteiger partial charge in [-0.25, -0.2) is 0 Å². The predicted octanol–water partition coefficient (Wildman–Crippen LogP) is 0.724. The van der Waals surface area contributed by atoms with Crippen LogP contribution in [0.15, 0.2) is 10.6 Å². The topological polar surface area (TPSA) is 75.4 Å². The summed E-state index contributed by atoms with van der Waals surface area (Å²) in [4.78, 5) is 25.4. The number of rotatable bonds is 1. The van der Waals surface area contributed by atoms with Gasteiger partial charge in [-0.3, -0.25) is 9.59 Å². The molecule has 102 valence electrons. The van der Waals surface area contributed by atoms with Gasteiger partial charge < -0.3 is 14.7 Å². The standard InChI is InChI=1S/C13H17N3O3/c1-8-6-11(19-15-8)13(18)16-5-4-10-9(7-16)2-3-12(17)14-10/h6,9-10H,2-5,7H2,1H3,(H,14,17). The smallest absolute Gasteiger partial charge is 0.292 e. The minimum absolute atomic E-state index is 0.101. The summed E-state index contributed by atoms with van der Waals surface area (Å²) in [5.41, 5.74) is 0.711. The lowest BCUT2D eigenvalue weighted by Gasteiger charge is -2.41. The van der Waals surface area contributed by atoms with Gasteiger partial charge in [0.2, 0.25) is 11.7 Å². The van der Waals surface area contributed by atoms with E-state index >= 15 is 0 Å². The Balaban J connectivity index is 1.68. The Labute approximate surface area is 111 Å². The number of hydrogen-bond donors (Lipinski definition) is 1. The maximum Gasteiger partial charge on any atom is 0.292 e. The van der Waals surface area contributed by atoms with E-state index in [4.69, 9.17) is 4.52 Å². The van der Waals surface area contributed by atoms with E-state index < -0.39 is 0 Å². The molecule has 1 aromatic heterocycles. The van der Waals surface area contributed by atoms with Gasteiger partial charge in [0, 0.05) is 31.6 Å². The average Bonchev–Trinajstić information content (AvgIpc) is 2.84. The van der Waals surface area contributed by atoms with E-state index in [0.29, 0.717) is 36.9 Å². The van der Waals surface area contributed by atoms with Crippen molar-refractivity contribution in [2.45, 2.75) is 32.2 Å². The summed E-state index contributed by atoms with van der Waals surface area (Å²) in [6, 6.07) is 1.89. The van der Waals surface area contributed by atoms with Crippen molar-refractivity contribution in [1.82, 2.24) is 15.4 Å². The summed E-state index contributed by atoms with van der Waals surface area (Å²) in [6.45, 7) is 3.13. The fourth-order valence-electron chi connectivity index (χ4n) is 2.91. The first-order valence-electron chi connectivity index (χ1n) is 6.65. The Morgan fingerprint density at radius 1 is 1.53 bits per heavy atom. The van der Waals surface area contributed by atoms with Gasteiger partial charge in [-0.15, -0.1) is 0 Å². The molecular weight excluding hydrogens is 246 g/mol. The number of carbonyl (C=O) groups is 2. The number of nitrogens with one attached hydrogen (secondary N) is 1. The lowest BCUT2D eigenvalue weighted by Crippen LogP contribution is -2.55. The van der Waals surface area contributed by atoms with Crippen LogP contribution in [-0.2, 0) is 4.79 Å². The molecule has 0 spiro atoms. The lowest BCUT2D eigenvalue weighted by molar-refractivity contribution is -0.125. The van der Waals surface area contributed by atoms with Crippen LogP contribution in [0.4, 0.5) is 0 Å². The molecule has 2 saturated heterocycles. The van der Waals surface area contributed by atoms with Crippen LogP contribution in [0.5, 0.6) is 0 Å². The number of piperidine rings is 2. The summed E-state index contributed by atoms with van der Waals surface area (Å²) in [6.07, 6.45) is 2.23. The lowest BCUT2D eigenvalue weighted by atomic mass is 9.85. The number of aryl methyl sites for hydroxylation is 1. The Morgan fingerprint density at radius 2 is 2.37 bits per heavy atom. The van der Waals surface area contributed by atoms with Crippen LogP contribution in [-0.4, -0.2) is 41.0 Å². The van der Waals surface area contributed by atoms with Gasteiger partial charge in [0.15, 0.2) is 0 Å². The summed E-state index contributed by atoms with van der Waals surface area (Å²) in [5, 5.41) is 6.75. The molecule has 2 atom stereocenters. The second-order valence-electron chi connectivity index (χ2n) is 5.35. The third-order valence-electron chi connectivity index (χ3n) is 3.95. The van der Waals surface area contributed by atoms with Gasteiger partial charge >= 0.3 is 0 Å². The zero-order valence-electron chi connectivity index (χ0n) is 10.9. The Kier molecular flexibility index (Phi) is 3.00. The molecule has 0 saturated carbocycles. The maximum atomic E-state index is 12.3. The third kappa shape index (κ3) is 2.34. The number of amides is 2. The summed E-state index contributed by atoms with van der Waals surface area (Å²) < 4.78 is 5.02. The first kappa shape index (κ1) is 12.2. The molecule has 6 nitrogen and oxygen atoms in total.